The number of amides is 1. The first-order valence-electron chi connectivity index (χ1n) is 6.83. The zero-order valence-electron chi connectivity index (χ0n) is 12.4. The normalized spacial score (nSPS) is 24.4. The van der Waals surface area contributed by atoms with Crippen molar-refractivity contribution in [2.75, 3.05) is 25.9 Å². The van der Waals surface area contributed by atoms with E-state index in [1.165, 1.54) is 6.26 Å². The molecule has 1 amide bonds. The molecule has 112 valence electrons. The molecule has 2 N–H and O–H groups in total. The molecule has 1 saturated heterocycles. The highest BCUT2D eigenvalue weighted by Crippen LogP contribution is 2.31. The highest BCUT2D eigenvalue weighted by atomic mass is 32.2. The van der Waals surface area contributed by atoms with Gasteiger partial charge < -0.3 is 10.6 Å². The highest BCUT2D eigenvalue weighted by molar-refractivity contribution is 7.92. The molecule has 1 aliphatic rings. The van der Waals surface area contributed by atoms with Crippen molar-refractivity contribution in [1.82, 2.24) is 10.6 Å². The zero-order chi connectivity index (χ0) is 14.7. The third kappa shape index (κ3) is 3.69. The molecule has 1 aliphatic heterocycles. The number of carbonyl (C=O) groups excluding carboxylic acids is 1. The summed E-state index contributed by atoms with van der Waals surface area (Å²) < 4.78 is 22.3. The average molecular weight is 290 g/mol. The molecule has 1 heterocycles. The van der Waals surface area contributed by atoms with Crippen molar-refractivity contribution in [3.63, 3.8) is 0 Å². The third-order valence-electron chi connectivity index (χ3n) is 4.13. The first-order valence-corrected chi connectivity index (χ1v) is 8.72. The summed E-state index contributed by atoms with van der Waals surface area (Å²) >= 11 is 0. The SMILES string of the molecule is CCCC1(C(=O)NCC(C)(C)S(C)(=O)=O)CCNC1. The molecule has 0 aliphatic carbocycles. The topological polar surface area (TPSA) is 75.3 Å². The van der Waals surface area contributed by atoms with Crippen LogP contribution >= 0.6 is 0 Å². The van der Waals surface area contributed by atoms with Crippen LogP contribution in [-0.4, -0.2) is 45.0 Å². The maximum absolute atomic E-state index is 12.4. The fraction of sp³-hybridized carbons (Fsp3) is 0.923. The molecule has 0 aromatic heterocycles. The van der Waals surface area contributed by atoms with Gasteiger partial charge in [0.15, 0.2) is 9.84 Å². The Morgan fingerprint density at radius 3 is 2.47 bits per heavy atom. The summed E-state index contributed by atoms with van der Waals surface area (Å²) in [6.07, 6.45) is 3.82. The molecular weight excluding hydrogens is 264 g/mol. The van der Waals surface area contributed by atoms with E-state index in [4.69, 9.17) is 0 Å². The van der Waals surface area contributed by atoms with Crippen LogP contribution in [0, 0.1) is 5.41 Å². The van der Waals surface area contributed by atoms with Crippen molar-refractivity contribution in [2.45, 2.75) is 44.8 Å². The number of nitrogens with one attached hydrogen (secondary N) is 2. The maximum atomic E-state index is 12.4. The fourth-order valence-corrected chi connectivity index (χ4v) is 2.69. The molecule has 0 radical (unpaired) electrons. The van der Waals surface area contributed by atoms with Crippen LogP contribution < -0.4 is 10.6 Å². The molecule has 6 heteroatoms. The van der Waals surface area contributed by atoms with Gasteiger partial charge in [-0.3, -0.25) is 4.79 Å². The van der Waals surface area contributed by atoms with Gasteiger partial charge in [0.1, 0.15) is 0 Å². The van der Waals surface area contributed by atoms with Gasteiger partial charge in [0.25, 0.3) is 0 Å². The Balaban J connectivity index is 2.69. The summed E-state index contributed by atoms with van der Waals surface area (Å²) in [5, 5.41) is 6.07. The summed E-state index contributed by atoms with van der Waals surface area (Å²) in [7, 11) is -3.18. The highest BCUT2D eigenvalue weighted by Gasteiger charge is 2.41. The zero-order valence-corrected chi connectivity index (χ0v) is 13.2. The standard InChI is InChI=1S/C13H26N2O3S/c1-5-6-13(7-8-14-10-13)11(16)15-9-12(2,3)19(4,17)18/h14H,5-10H2,1-4H3,(H,15,16). The van der Waals surface area contributed by atoms with Crippen LogP contribution in [0.25, 0.3) is 0 Å². The van der Waals surface area contributed by atoms with Crippen LogP contribution in [-0.2, 0) is 14.6 Å². The van der Waals surface area contributed by atoms with Crippen LogP contribution in [0.1, 0.15) is 40.0 Å². The lowest BCUT2D eigenvalue weighted by Gasteiger charge is -2.29. The first kappa shape index (κ1) is 16.4. The van der Waals surface area contributed by atoms with Crippen LogP contribution in [0.15, 0.2) is 0 Å². The lowest BCUT2D eigenvalue weighted by molar-refractivity contribution is -0.130. The molecular formula is C13H26N2O3S. The lowest BCUT2D eigenvalue weighted by atomic mass is 9.81. The second-order valence-corrected chi connectivity index (χ2v) is 8.82. The number of carbonyl (C=O) groups is 1. The van der Waals surface area contributed by atoms with Crippen molar-refractivity contribution >= 4 is 15.7 Å². The maximum Gasteiger partial charge on any atom is 0.227 e. The Bertz CT molecular complexity index is 423. The van der Waals surface area contributed by atoms with E-state index >= 15 is 0 Å². The van der Waals surface area contributed by atoms with E-state index < -0.39 is 14.6 Å². The van der Waals surface area contributed by atoms with Gasteiger partial charge in [0, 0.05) is 19.3 Å². The average Bonchev–Trinajstić information content (AvgIpc) is 2.75. The van der Waals surface area contributed by atoms with Crippen molar-refractivity contribution in [3.8, 4) is 0 Å². The Labute approximate surface area is 116 Å². The van der Waals surface area contributed by atoms with Gasteiger partial charge in [-0.05, 0) is 33.2 Å². The number of hydrogen-bond acceptors (Lipinski definition) is 4. The van der Waals surface area contributed by atoms with Crippen molar-refractivity contribution in [2.24, 2.45) is 5.41 Å². The van der Waals surface area contributed by atoms with E-state index in [2.05, 4.69) is 17.6 Å². The molecule has 0 aromatic carbocycles. The Hall–Kier alpha value is -0.620. The predicted octanol–water partition coefficient (Wildman–Crippen LogP) is 0.706. The minimum atomic E-state index is -3.18. The third-order valence-corrected chi connectivity index (χ3v) is 6.28. The van der Waals surface area contributed by atoms with Crippen LogP contribution in [0.2, 0.25) is 0 Å². The molecule has 0 aromatic rings. The quantitative estimate of drug-likeness (QED) is 0.755. The van der Waals surface area contributed by atoms with Crippen molar-refractivity contribution in [3.05, 3.63) is 0 Å². The van der Waals surface area contributed by atoms with Crippen molar-refractivity contribution < 1.29 is 13.2 Å². The first-order chi connectivity index (χ1) is 8.65. The monoisotopic (exact) mass is 290 g/mol. The Kier molecular flexibility index (Phi) is 5.01. The Morgan fingerprint density at radius 2 is 2.05 bits per heavy atom. The second kappa shape index (κ2) is 5.79. The number of sulfone groups is 1. The predicted molar refractivity (Wildman–Crippen MR) is 76.8 cm³/mol. The van der Waals surface area contributed by atoms with E-state index in [0.29, 0.717) is 6.54 Å². The molecule has 0 saturated carbocycles. The lowest BCUT2D eigenvalue weighted by Crippen LogP contribution is -2.49. The minimum absolute atomic E-state index is 0.0175. The molecule has 19 heavy (non-hydrogen) atoms. The van der Waals surface area contributed by atoms with Crippen LogP contribution in [0.4, 0.5) is 0 Å². The van der Waals surface area contributed by atoms with Gasteiger partial charge in [-0.1, -0.05) is 13.3 Å². The fourth-order valence-electron chi connectivity index (χ4n) is 2.35. The van der Waals surface area contributed by atoms with Gasteiger partial charge in [-0.2, -0.15) is 0 Å². The summed E-state index contributed by atoms with van der Waals surface area (Å²) in [5.74, 6) is -0.0175. The molecule has 1 fully saturated rings. The molecule has 1 rings (SSSR count). The van der Waals surface area contributed by atoms with Gasteiger partial charge in [-0.15, -0.1) is 0 Å². The summed E-state index contributed by atoms with van der Waals surface area (Å²) in [6, 6.07) is 0. The molecule has 1 atom stereocenters. The van der Waals surface area contributed by atoms with E-state index in [-0.39, 0.29) is 17.9 Å². The largest absolute Gasteiger partial charge is 0.354 e. The van der Waals surface area contributed by atoms with Crippen LogP contribution in [0.3, 0.4) is 0 Å². The van der Waals surface area contributed by atoms with Gasteiger partial charge >= 0.3 is 0 Å². The smallest absolute Gasteiger partial charge is 0.227 e. The van der Waals surface area contributed by atoms with Crippen LogP contribution in [0.5, 0.6) is 0 Å². The van der Waals surface area contributed by atoms with Crippen molar-refractivity contribution in [1.29, 1.82) is 0 Å². The van der Waals surface area contributed by atoms with E-state index in [9.17, 15) is 13.2 Å². The molecule has 0 spiro atoms. The molecule has 0 bridgehead atoms. The molecule has 5 nitrogen and oxygen atoms in total. The van der Waals surface area contributed by atoms with Gasteiger partial charge in [0.05, 0.1) is 10.2 Å². The number of hydrogen-bond donors (Lipinski definition) is 2. The summed E-state index contributed by atoms with van der Waals surface area (Å²) in [6.45, 7) is 7.04. The summed E-state index contributed by atoms with van der Waals surface area (Å²) in [4.78, 5) is 12.4. The van der Waals surface area contributed by atoms with Gasteiger partial charge in [-0.25, -0.2) is 8.42 Å². The van der Waals surface area contributed by atoms with E-state index in [1.807, 2.05) is 0 Å². The van der Waals surface area contributed by atoms with Gasteiger partial charge in [0.2, 0.25) is 5.91 Å². The minimum Gasteiger partial charge on any atom is -0.354 e. The van der Waals surface area contributed by atoms with E-state index in [1.54, 1.807) is 13.8 Å². The molecule has 1 unspecified atom stereocenters. The Morgan fingerprint density at radius 1 is 1.42 bits per heavy atom. The number of rotatable bonds is 6. The summed E-state index contributed by atoms with van der Waals surface area (Å²) in [5.41, 5.74) is -0.359. The second-order valence-electron chi connectivity index (χ2n) is 6.17. The van der Waals surface area contributed by atoms with E-state index in [0.717, 1.165) is 25.8 Å².